The van der Waals surface area contributed by atoms with Gasteiger partial charge in [0.15, 0.2) is 0 Å². The SMILES string of the molecule is CCCNC(=O)C1CNCCN1C(C)=O. The van der Waals surface area contributed by atoms with Gasteiger partial charge in [0.25, 0.3) is 0 Å². The van der Waals surface area contributed by atoms with Gasteiger partial charge in [0, 0.05) is 33.1 Å². The fourth-order valence-corrected chi connectivity index (χ4v) is 1.68. The normalized spacial score (nSPS) is 21.2. The Morgan fingerprint density at radius 2 is 2.27 bits per heavy atom. The zero-order valence-corrected chi connectivity index (χ0v) is 9.38. The third-order valence-corrected chi connectivity index (χ3v) is 2.50. The average Bonchev–Trinajstić information content (AvgIpc) is 2.25. The van der Waals surface area contributed by atoms with E-state index in [9.17, 15) is 9.59 Å². The molecule has 0 saturated carbocycles. The molecule has 1 fully saturated rings. The molecule has 86 valence electrons. The van der Waals surface area contributed by atoms with Gasteiger partial charge in [0.1, 0.15) is 6.04 Å². The summed E-state index contributed by atoms with van der Waals surface area (Å²) in [6.07, 6.45) is 0.909. The second kappa shape index (κ2) is 5.70. The van der Waals surface area contributed by atoms with Gasteiger partial charge in [-0.05, 0) is 6.42 Å². The zero-order valence-electron chi connectivity index (χ0n) is 9.38. The third-order valence-electron chi connectivity index (χ3n) is 2.50. The molecule has 0 aromatic heterocycles. The van der Waals surface area contributed by atoms with Crippen molar-refractivity contribution in [3.8, 4) is 0 Å². The molecule has 5 heteroatoms. The van der Waals surface area contributed by atoms with Gasteiger partial charge in [-0.15, -0.1) is 0 Å². The van der Waals surface area contributed by atoms with Gasteiger partial charge in [-0.1, -0.05) is 6.92 Å². The van der Waals surface area contributed by atoms with E-state index in [-0.39, 0.29) is 17.9 Å². The van der Waals surface area contributed by atoms with Gasteiger partial charge in [-0.2, -0.15) is 0 Å². The van der Waals surface area contributed by atoms with E-state index in [0.29, 0.717) is 19.6 Å². The Bertz CT molecular complexity index is 243. The summed E-state index contributed by atoms with van der Waals surface area (Å²) in [7, 11) is 0. The van der Waals surface area contributed by atoms with Crippen LogP contribution in [-0.4, -0.2) is 48.9 Å². The van der Waals surface area contributed by atoms with Crippen LogP contribution in [0.15, 0.2) is 0 Å². The molecule has 2 N–H and O–H groups in total. The Morgan fingerprint density at radius 3 is 2.87 bits per heavy atom. The topological polar surface area (TPSA) is 61.4 Å². The van der Waals surface area contributed by atoms with Crippen LogP contribution in [0.25, 0.3) is 0 Å². The number of rotatable bonds is 3. The maximum atomic E-state index is 11.7. The highest BCUT2D eigenvalue weighted by atomic mass is 16.2. The van der Waals surface area contributed by atoms with Crippen LogP contribution in [0.1, 0.15) is 20.3 Å². The third kappa shape index (κ3) is 3.20. The summed E-state index contributed by atoms with van der Waals surface area (Å²) in [6.45, 7) is 6.10. The minimum atomic E-state index is -0.345. The number of carbonyl (C=O) groups excluding carboxylic acids is 2. The highest BCUT2D eigenvalue weighted by Crippen LogP contribution is 2.03. The van der Waals surface area contributed by atoms with Crippen LogP contribution < -0.4 is 10.6 Å². The van der Waals surface area contributed by atoms with Crippen LogP contribution in [0.3, 0.4) is 0 Å². The monoisotopic (exact) mass is 213 g/mol. The number of nitrogens with zero attached hydrogens (tertiary/aromatic N) is 1. The van der Waals surface area contributed by atoms with Gasteiger partial charge in [0.05, 0.1) is 0 Å². The standard InChI is InChI=1S/C10H19N3O2/c1-3-4-12-10(15)9-7-11-5-6-13(9)8(2)14/h9,11H,3-7H2,1-2H3,(H,12,15). The molecule has 1 heterocycles. The van der Waals surface area contributed by atoms with Crippen molar-refractivity contribution in [2.75, 3.05) is 26.2 Å². The Kier molecular flexibility index (Phi) is 4.55. The van der Waals surface area contributed by atoms with E-state index in [1.807, 2.05) is 6.92 Å². The molecule has 2 amide bonds. The van der Waals surface area contributed by atoms with Gasteiger partial charge >= 0.3 is 0 Å². The van der Waals surface area contributed by atoms with Gasteiger partial charge in [-0.3, -0.25) is 9.59 Å². The predicted molar refractivity (Wildman–Crippen MR) is 57.3 cm³/mol. The number of nitrogens with one attached hydrogen (secondary N) is 2. The lowest BCUT2D eigenvalue weighted by molar-refractivity contribution is -0.139. The molecule has 15 heavy (non-hydrogen) atoms. The molecule has 0 spiro atoms. The summed E-state index contributed by atoms with van der Waals surface area (Å²) in [6, 6.07) is -0.345. The highest BCUT2D eigenvalue weighted by molar-refractivity contribution is 5.87. The summed E-state index contributed by atoms with van der Waals surface area (Å²) >= 11 is 0. The van der Waals surface area contributed by atoms with Crippen LogP contribution in [0.2, 0.25) is 0 Å². The number of hydrogen-bond acceptors (Lipinski definition) is 3. The summed E-state index contributed by atoms with van der Waals surface area (Å²) in [5.41, 5.74) is 0. The van der Waals surface area contributed by atoms with Crippen molar-refractivity contribution in [2.45, 2.75) is 26.3 Å². The Hall–Kier alpha value is -1.10. The molecule has 1 aliphatic heterocycles. The molecule has 0 aliphatic carbocycles. The van der Waals surface area contributed by atoms with E-state index in [4.69, 9.17) is 0 Å². The van der Waals surface area contributed by atoms with Crippen molar-refractivity contribution in [1.82, 2.24) is 15.5 Å². The molecule has 1 aliphatic rings. The van der Waals surface area contributed by atoms with Crippen molar-refractivity contribution in [2.24, 2.45) is 0 Å². The van der Waals surface area contributed by atoms with Crippen LogP contribution in [0.5, 0.6) is 0 Å². The predicted octanol–water partition coefficient (Wildman–Crippen LogP) is -0.667. The maximum Gasteiger partial charge on any atom is 0.244 e. The molecule has 1 unspecified atom stereocenters. The van der Waals surface area contributed by atoms with Crippen LogP contribution in [-0.2, 0) is 9.59 Å². The molecular formula is C10H19N3O2. The average molecular weight is 213 g/mol. The second-order valence-electron chi connectivity index (χ2n) is 3.72. The highest BCUT2D eigenvalue weighted by Gasteiger charge is 2.29. The Labute approximate surface area is 90.2 Å². The first-order valence-electron chi connectivity index (χ1n) is 5.42. The molecule has 0 aromatic rings. The van der Waals surface area contributed by atoms with Crippen molar-refractivity contribution in [1.29, 1.82) is 0 Å². The molecule has 0 radical (unpaired) electrons. The van der Waals surface area contributed by atoms with E-state index >= 15 is 0 Å². The van der Waals surface area contributed by atoms with Crippen LogP contribution in [0, 0.1) is 0 Å². The first kappa shape index (κ1) is 12.0. The summed E-state index contributed by atoms with van der Waals surface area (Å²) in [4.78, 5) is 24.7. The minimum Gasteiger partial charge on any atom is -0.354 e. The molecule has 0 bridgehead atoms. The summed E-state index contributed by atoms with van der Waals surface area (Å²) < 4.78 is 0. The summed E-state index contributed by atoms with van der Waals surface area (Å²) in [5, 5.41) is 5.94. The Balaban J connectivity index is 2.55. The van der Waals surface area contributed by atoms with E-state index in [2.05, 4.69) is 10.6 Å². The number of piperazine rings is 1. The minimum absolute atomic E-state index is 0.0341. The van der Waals surface area contributed by atoms with E-state index in [0.717, 1.165) is 13.0 Å². The van der Waals surface area contributed by atoms with Crippen molar-refractivity contribution in [3.63, 3.8) is 0 Å². The van der Waals surface area contributed by atoms with Crippen molar-refractivity contribution in [3.05, 3.63) is 0 Å². The number of carbonyl (C=O) groups is 2. The fraction of sp³-hybridized carbons (Fsp3) is 0.800. The Morgan fingerprint density at radius 1 is 1.53 bits per heavy atom. The lowest BCUT2D eigenvalue weighted by Crippen LogP contribution is -2.59. The second-order valence-corrected chi connectivity index (χ2v) is 3.72. The van der Waals surface area contributed by atoms with Crippen molar-refractivity contribution >= 4 is 11.8 Å². The lowest BCUT2D eigenvalue weighted by atomic mass is 10.1. The van der Waals surface area contributed by atoms with Gasteiger partial charge in [0.2, 0.25) is 11.8 Å². The molecule has 5 nitrogen and oxygen atoms in total. The van der Waals surface area contributed by atoms with Gasteiger partial charge < -0.3 is 15.5 Å². The number of amides is 2. The lowest BCUT2D eigenvalue weighted by Gasteiger charge is -2.34. The van der Waals surface area contributed by atoms with Gasteiger partial charge in [-0.25, -0.2) is 0 Å². The van der Waals surface area contributed by atoms with Crippen LogP contribution >= 0.6 is 0 Å². The molecule has 1 atom stereocenters. The number of hydrogen-bond donors (Lipinski definition) is 2. The fourth-order valence-electron chi connectivity index (χ4n) is 1.68. The zero-order chi connectivity index (χ0) is 11.3. The van der Waals surface area contributed by atoms with Crippen molar-refractivity contribution < 1.29 is 9.59 Å². The first-order chi connectivity index (χ1) is 7.16. The van der Waals surface area contributed by atoms with E-state index < -0.39 is 0 Å². The smallest absolute Gasteiger partial charge is 0.244 e. The van der Waals surface area contributed by atoms with E-state index in [1.54, 1.807) is 4.90 Å². The maximum absolute atomic E-state index is 11.7. The molecular weight excluding hydrogens is 194 g/mol. The van der Waals surface area contributed by atoms with Crippen LogP contribution in [0.4, 0.5) is 0 Å². The molecule has 1 saturated heterocycles. The largest absolute Gasteiger partial charge is 0.354 e. The first-order valence-corrected chi connectivity index (χ1v) is 5.42. The van der Waals surface area contributed by atoms with E-state index in [1.165, 1.54) is 6.92 Å². The molecule has 1 rings (SSSR count). The molecule has 0 aromatic carbocycles. The summed E-state index contributed by atoms with van der Waals surface area (Å²) in [5.74, 6) is -0.0904. The quantitative estimate of drug-likeness (QED) is 0.654.